The van der Waals surface area contributed by atoms with Crippen molar-refractivity contribution in [1.29, 1.82) is 0 Å². The van der Waals surface area contributed by atoms with Crippen LogP contribution in [0.4, 0.5) is 11.4 Å². The Morgan fingerprint density at radius 3 is 2.46 bits per heavy atom. The van der Waals surface area contributed by atoms with Gasteiger partial charge in [-0.25, -0.2) is 4.68 Å². The summed E-state index contributed by atoms with van der Waals surface area (Å²) in [6, 6.07) is 17.7. The number of para-hydroxylation sites is 1. The van der Waals surface area contributed by atoms with Gasteiger partial charge >= 0.3 is 0 Å². The lowest BCUT2D eigenvalue weighted by atomic mass is 10.2. The van der Waals surface area contributed by atoms with Crippen molar-refractivity contribution < 1.29 is 19.2 Å². The van der Waals surface area contributed by atoms with Gasteiger partial charge in [0.05, 0.1) is 26.7 Å². The van der Waals surface area contributed by atoms with E-state index in [0.717, 1.165) is 5.56 Å². The summed E-state index contributed by atoms with van der Waals surface area (Å²) in [5.41, 5.74) is 1.07. The van der Waals surface area contributed by atoms with Crippen LogP contribution in [0.15, 0.2) is 72.9 Å². The summed E-state index contributed by atoms with van der Waals surface area (Å²) < 4.78 is 12.7. The number of aryl methyl sites for hydroxylation is 1. The SMILES string of the molecule is Cc1ccc(Oc2cc(NC(=O)c3ccn(COc4c(Cl)cccc4Cl)n3)cc([N+](=O)[O-])c2)cc1. The molecular formula is C24H18Cl2N4O5. The van der Waals surface area contributed by atoms with Crippen LogP contribution in [0.2, 0.25) is 10.0 Å². The number of rotatable bonds is 8. The van der Waals surface area contributed by atoms with Crippen molar-refractivity contribution in [2.45, 2.75) is 13.7 Å². The first-order chi connectivity index (χ1) is 16.8. The van der Waals surface area contributed by atoms with Gasteiger partial charge in [-0.1, -0.05) is 47.0 Å². The number of benzene rings is 3. The number of nitrogens with zero attached hydrogens (tertiary/aromatic N) is 3. The Balaban J connectivity index is 1.47. The topological polar surface area (TPSA) is 109 Å². The molecule has 0 unspecified atom stereocenters. The molecule has 0 aliphatic heterocycles. The number of amides is 1. The molecule has 0 spiro atoms. The lowest BCUT2D eigenvalue weighted by Crippen LogP contribution is -2.14. The summed E-state index contributed by atoms with van der Waals surface area (Å²) in [5.74, 6) is 0.441. The van der Waals surface area contributed by atoms with Crippen LogP contribution in [0.1, 0.15) is 16.1 Å². The van der Waals surface area contributed by atoms with Gasteiger partial charge in [-0.3, -0.25) is 14.9 Å². The number of carbonyl (C=O) groups excluding carboxylic acids is 1. The molecule has 1 N–H and O–H groups in total. The van der Waals surface area contributed by atoms with Gasteiger partial charge in [0.2, 0.25) is 0 Å². The Morgan fingerprint density at radius 2 is 1.77 bits per heavy atom. The van der Waals surface area contributed by atoms with Crippen molar-refractivity contribution in [2.24, 2.45) is 0 Å². The fraction of sp³-hybridized carbons (Fsp3) is 0.0833. The number of aromatic nitrogens is 2. The van der Waals surface area contributed by atoms with Crippen molar-refractivity contribution in [3.8, 4) is 17.2 Å². The number of carbonyl (C=O) groups is 1. The Labute approximate surface area is 210 Å². The molecule has 1 aromatic heterocycles. The number of hydrogen-bond acceptors (Lipinski definition) is 6. The van der Waals surface area contributed by atoms with Crippen LogP contribution >= 0.6 is 23.2 Å². The molecule has 1 heterocycles. The molecule has 11 heteroatoms. The molecule has 178 valence electrons. The van der Waals surface area contributed by atoms with E-state index in [4.69, 9.17) is 32.7 Å². The van der Waals surface area contributed by atoms with Crippen molar-refractivity contribution in [2.75, 3.05) is 5.32 Å². The maximum absolute atomic E-state index is 12.7. The molecular weight excluding hydrogens is 495 g/mol. The highest BCUT2D eigenvalue weighted by Crippen LogP contribution is 2.33. The van der Waals surface area contributed by atoms with Crippen LogP contribution in [0.25, 0.3) is 0 Å². The van der Waals surface area contributed by atoms with E-state index in [9.17, 15) is 14.9 Å². The summed E-state index contributed by atoms with van der Waals surface area (Å²) in [4.78, 5) is 23.5. The van der Waals surface area contributed by atoms with E-state index in [2.05, 4.69) is 10.4 Å². The fourth-order valence-electron chi connectivity index (χ4n) is 3.06. The second kappa shape index (κ2) is 10.5. The number of anilines is 1. The maximum atomic E-state index is 12.7. The van der Waals surface area contributed by atoms with E-state index >= 15 is 0 Å². The van der Waals surface area contributed by atoms with E-state index in [1.165, 1.54) is 28.9 Å². The van der Waals surface area contributed by atoms with Crippen molar-refractivity contribution >= 4 is 40.5 Å². The molecule has 0 bridgehead atoms. The molecule has 0 saturated heterocycles. The van der Waals surface area contributed by atoms with Crippen molar-refractivity contribution in [3.05, 3.63) is 104 Å². The van der Waals surface area contributed by atoms with Gasteiger partial charge in [0.15, 0.2) is 18.2 Å². The number of ether oxygens (including phenoxy) is 2. The minimum atomic E-state index is -0.568. The highest BCUT2D eigenvalue weighted by atomic mass is 35.5. The lowest BCUT2D eigenvalue weighted by Gasteiger charge is -2.10. The average molecular weight is 513 g/mol. The normalized spacial score (nSPS) is 10.6. The van der Waals surface area contributed by atoms with Gasteiger partial charge in [-0.2, -0.15) is 5.10 Å². The molecule has 0 aliphatic carbocycles. The number of nitro benzene ring substituents is 1. The summed E-state index contributed by atoms with van der Waals surface area (Å²) in [5, 5.41) is 18.9. The first-order valence-electron chi connectivity index (χ1n) is 10.2. The molecule has 1 amide bonds. The van der Waals surface area contributed by atoms with E-state index < -0.39 is 10.8 Å². The Morgan fingerprint density at radius 1 is 1.06 bits per heavy atom. The minimum Gasteiger partial charge on any atom is -0.468 e. The molecule has 0 aliphatic rings. The van der Waals surface area contributed by atoms with Crippen LogP contribution in [0.5, 0.6) is 17.2 Å². The second-order valence-electron chi connectivity index (χ2n) is 7.41. The maximum Gasteiger partial charge on any atom is 0.276 e. The van der Waals surface area contributed by atoms with E-state index in [1.54, 1.807) is 36.5 Å². The molecule has 0 saturated carbocycles. The number of nitro groups is 1. The minimum absolute atomic E-state index is 0.0396. The molecule has 0 atom stereocenters. The second-order valence-corrected chi connectivity index (χ2v) is 8.22. The summed E-state index contributed by atoms with van der Waals surface area (Å²) in [6.45, 7) is 1.90. The highest BCUT2D eigenvalue weighted by molar-refractivity contribution is 6.37. The summed E-state index contributed by atoms with van der Waals surface area (Å²) >= 11 is 12.2. The number of halogens is 2. The third-order valence-electron chi connectivity index (χ3n) is 4.75. The summed E-state index contributed by atoms with van der Waals surface area (Å²) in [6.07, 6.45) is 1.54. The molecule has 3 aromatic carbocycles. The average Bonchev–Trinajstić information content (AvgIpc) is 3.29. The zero-order valence-electron chi connectivity index (χ0n) is 18.3. The molecule has 4 rings (SSSR count). The van der Waals surface area contributed by atoms with Crippen LogP contribution in [-0.2, 0) is 6.73 Å². The van der Waals surface area contributed by atoms with E-state index in [1.807, 2.05) is 19.1 Å². The molecule has 35 heavy (non-hydrogen) atoms. The predicted molar refractivity (Wildman–Crippen MR) is 132 cm³/mol. The van der Waals surface area contributed by atoms with Gasteiger partial charge in [-0.15, -0.1) is 0 Å². The summed E-state index contributed by atoms with van der Waals surface area (Å²) in [7, 11) is 0. The van der Waals surface area contributed by atoms with Crippen LogP contribution in [0.3, 0.4) is 0 Å². The fourth-order valence-corrected chi connectivity index (χ4v) is 3.57. The van der Waals surface area contributed by atoms with Crippen LogP contribution in [0, 0.1) is 17.0 Å². The van der Waals surface area contributed by atoms with Gasteiger partial charge in [-0.05, 0) is 37.3 Å². The zero-order chi connectivity index (χ0) is 24.9. The lowest BCUT2D eigenvalue weighted by molar-refractivity contribution is -0.384. The van der Waals surface area contributed by atoms with Crippen LogP contribution in [-0.4, -0.2) is 20.6 Å². The highest BCUT2D eigenvalue weighted by Gasteiger charge is 2.16. The molecule has 0 radical (unpaired) electrons. The van der Waals surface area contributed by atoms with E-state index in [-0.39, 0.29) is 29.5 Å². The third kappa shape index (κ3) is 6.08. The standard InChI is InChI=1S/C24H18Cl2N4O5/c1-15-5-7-18(8-6-15)35-19-12-16(11-17(13-19)30(32)33)27-24(31)22-9-10-29(28-22)14-34-23-20(25)3-2-4-21(23)26/h2-13H,14H2,1H3,(H,27,31). The first kappa shape index (κ1) is 24.1. The van der Waals surface area contributed by atoms with Gasteiger partial charge in [0, 0.05) is 18.3 Å². The predicted octanol–water partition coefficient (Wildman–Crippen LogP) is 6.49. The van der Waals surface area contributed by atoms with Gasteiger partial charge < -0.3 is 14.8 Å². The smallest absolute Gasteiger partial charge is 0.276 e. The van der Waals surface area contributed by atoms with Gasteiger partial charge in [0.1, 0.15) is 11.5 Å². The Hall–Kier alpha value is -4.08. The van der Waals surface area contributed by atoms with Crippen molar-refractivity contribution in [1.82, 2.24) is 9.78 Å². The number of nitrogens with one attached hydrogen (secondary N) is 1. The largest absolute Gasteiger partial charge is 0.468 e. The third-order valence-corrected chi connectivity index (χ3v) is 5.35. The van der Waals surface area contributed by atoms with E-state index in [0.29, 0.717) is 21.5 Å². The van der Waals surface area contributed by atoms with Crippen LogP contribution < -0.4 is 14.8 Å². The van der Waals surface area contributed by atoms with Gasteiger partial charge in [0.25, 0.3) is 11.6 Å². The van der Waals surface area contributed by atoms with Crippen molar-refractivity contribution in [3.63, 3.8) is 0 Å². The quantitative estimate of drug-likeness (QED) is 0.213. The number of non-ortho nitro benzene ring substituents is 1. The monoisotopic (exact) mass is 512 g/mol. The zero-order valence-corrected chi connectivity index (χ0v) is 19.8. The molecule has 4 aromatic rings. The number of hydrogen-bond donors (Lipinski definition) is 1. The Bertz CT molecular complexity index is 1370. The first-order valence-corrected chi connectivity index (χ1v) is 11.0. The molecule has 0 fully saturated rings. The Kier molecular flexibility index (Phi) is 7.19. The molecule has 9 nitrogen and oxygen atoms in total.